The molecule has 1 aliphatic carbocycles. The highest BCUT2D eigenvalue weighted by Crippen LogP contribution is 2.53. The maximum absolute atomic E-state index is 5.66. The highest BCUT2D eigenvalue weighted by Gasteiger charge is 2.49. The molecule has 0 saturated heterocycles. The zero-order chi connectivity index (χ0) is 11.8. The molecule has 88 valence electrons. The molecular weight excluding hydrogens is 196 g/mol. The SMILES string of the molecule is Cc1ccc(CC(NN)C2CC2(C)C)cc1. The molecule has 2 atom stereocenters. The van der Waals surface area contributed by atoms with Gasteiger partial charge < -0.3 is 0 Å². The average molecular weight is 218 g/mol. The molecular formula is C14H22N2. The molecule has 2 unspecified atom stereocenters. The summed E-state index contributed by atoms with van der Waals surface area (Å²) in [7, 11) is 0. The van der Waals surface area contributed by atoms with Crippen LogP contribution < -0.4 is 11.3 Å². The lowest BCUT2D eigenvalue weighted by Gasteiger charge is -2.17. The summed E-state index contributed by atoms with van der Waals surface area (Å²) in [4.78, 5) is 0. The van der Waals surface area contributed by atoms with Crippen LogP contribution in [0.1, 0.15) is 31.4 Å². The second kappa shape index (κ2) is 4.19. The van der Waals surface area contributed by atoms with Gasteiger partial charge in [0.1, 0.15) is 0 Å². The van der Waals surface area contributed by atoms with E-state index in [9.17, 15) is 0 Å². The van der Waals surface area contributed by atoms with Crippen LogP contribution in [0.3, 0.4) is 0 Å². The Bertz CT molecular complexity index is 354. The number of nitrogens with one attached hydrogen (secondary N) is 1. The lowest BCUT2D eigenvalue weighted by atomic mass is 9.97. The fourth-order valence-corrected chi connectivity index (χ4v) is 2.49. The van der Waals surface area contributed by atoms with E-state index in [4.69, 9.17) is 5.84 Å². The first-order valence-electron chi connectivity index (χ1n) is 6.04. The summed E-state index contributed by atoms with van der Waals surface area (Å²) in [5.74, 6) is 6.38. The van der Waals surface area contributed by atoms with Crippen molar-refractivity contribution in [1.29, 1.82) is 0 Å². The molecule has 1 aliphatic rings. The summed E-state index contributed by atoms with van der Waals surface area (Å²) in [5, 5.41) is 0. The lowest BCUT2D eigenvalue weighted by molar-refractivity contribution is 0.409. The molecule has 2 rings (SSSR count). The van der Waals surface area contributed by atoms with E-state index in [-0.39, 0.29) is 0 Å². The van der Waals surface area contributed by atoms with E-state index in [1.165, 1.54) is 17.5 Å². The van der Waals surface area contributed by atoms with Crippen LogP contribution in [0.25, 0.3) is 0 Å². The second-order valence-electron chi connectivity index (χ2n) is 5.76. The van der Waals surface area contributed by atoms with E-state index in [0.717, 1.165) is 12.3 Å². The first kappa shape index (κ1) is 11.6. The molecule has 0 amide bonds. The summed E-state index contributed by atoms with van der Waals surface area (Å²) < 4.78 is 0. The van der Waals surface area contributed by atoms with Gasteiger partial charge >= 0.3 is 0 Å². The van der Waals surface area contributed by atoms with Crippen molar-refractivity contribution in [1.82, 2.24) is 5.43 Å². The summed E-state index contributed by atoms with van der Waals surface area (Å²) >= 11 is 0. The highest BCUT2D eigenvalue weighted by molar-refractivity contribution is 5.23. The Morgan fingerprint density at radius 2 is 1.94 bits per heavy atom. The number of rotatable bonds is 4. The van der Waals surface area contributed by atoms with Crippen LogP contribution in [0, 0.1) is 18.3 Å². The molecule has 1 aromatic rings. The van der Waals surface area contributed by atoms with Gasteiger partial charge in [-0.25, -0.2) is 0 Å². The van der Waals surface area contributed by atoms with Crippen LogP contribution >= 0.6 is 0 Å². The highest BCUT2D eigenvalue weighted by atomic mass is 15.2. The van der Waals surface area contributed by atoms with E-state index in [0.29, 0.717) is 11.5 Å². The minimum Gasteiger partial charge on any atom is -0.271 e. The van der Waals surface area contributed by atoms with Crippen LogP contribution in [0.5, 0.6) is 0 Å². The third kappa shape index (κ3) is 2.45. The third-order valence-corrected chi connectivity index (χ3v) is 3.87. The van der Waals surface area contributed by atoms with E-state index in [2.05, 4.69) is 50.5 Å². The van der Waals surface area contributed by atoms with E-state index < -0.39 is 0 Å². The standard InChI is InChI=1S/C14H22N2/c1-10-4-6-11(7-5-10)8-13(16-15)12-9-14(12,2)3/h4-7,12-13,16H,8-9,15H2,1-3H3. The van der Waals surface area contributed by atoms with Crippen molar-refractivity contribution < 1.29 is 0 Å². The molecule has 16 heavy (non-hydrogen) atoms. The number of nitrogens with two attached hydrogens (primary N) is 1. The number of benzene rings is 1. The van der Waals surface area contributed by atoms with Gasteiger partial charge in [0.15, 0.2) is 0 Å². The molecule has 1 fully saturated rings. The molecule has 0 aromatic heterocycles. The van der Waals surface area contributed by atoms with Gasteiger partial charge in [-0.05, 0) is 36.7 Å². The monoisotopic (exact) mass is 218 g/mol. The molecule has 0 spiro atoms. The number of hydrogen-bond donors (Lipinski definition) is 2. The summed E-state index contributed by atoms with van der Waals surface area (Å²) in [5.41, 5.74) is 6.14. The summed E-state index contributed by atoms with van der Waals surface area (Å²) in [6, 6.07) is 9.16. The second-order valence-corrected chi connectivity index (χ2v) is 5.76. The average Bonchev–Trinajstić information content (AvgIpc) is 2.87. The molecule has 0 aliphatic heterocycles. The van der Waals surface area contributed by atoms with Gasteiger partial charge in [0.05, 0.1) is 0 Å². The number of hydrazine groups is 1. The molecule has 2 heteroatoms. The molecule has 0 heterocycles. The maximum Gasteiger partial charge on any atom is 0.0284 e. The van der Waals surface area contributed by atoms with Crippen molar-refractivity contribution in [3.8, 4) is 0 Å². The van der Waals surface area contributed by atoms with Gasteiger partial charge in [0, 0.05) is 6.04 Å². The van der Waals surface area contributed by atoms with Gasteiger partial charge in [-0.2, -0.15) is 0 Å². The number of aryl methyl sites for hydroxylation is 1. The number of hydrogen-bond acceptors (Lipinski definition) is 2. The van der Waals surface area contributed by atoms with Crippen LogP contribution in [0.4, 0.5) is 0 Å². The van der Waals surface area contributed by atoms with Crippen molar-refractivity contribution in [3.63, 3.8) is 0 Å². The first-order chi connectivity index (χ1) is 7.53. The Morgan fingerprint density at radius 1 is 1.38 bits per heavy atom. The molecule has 1 aromatic carbocycles. The van der Waals surface area contributed by atoms with E-state index in [1.54, 1.807) is 0 Å². The van der Waals surface area contributed by atoms with Gasteiger partial charge in [0.2, 0.25) is 0 Å². The first-order valence-corrected chi connectivity index (χ1v) is 6.04. The molecule has 0 radical (unpaired) electrons. The Hall–Kier alpha value is -0.860. The molecule has 0 bridgehead atoms. The Balaban J connectivity index is 2.00. The summed E-state index contributed by atoms with van der Waals surface area (Å²) in [6.07, 6.45) is 2.32. The van der Waals surface area contributed by atoms with E-state index in [1.807, 2.05) is 0 Å². The maximum atomic E-state index is 5.66. The van der Waals surface area contributed by atoms with Crippen molar-refractivity contribution >= 4 is 0 Å². The van der Waals surface area contributed by atoms with Crippen molar-refractivity contribution in [2.45, 2.75) is 39.7 Å². The van der Waals surface area contributed by atoms with Crippen LogP contribution in [0.2, 0.25) is 0 Å². The Labute approximate surface area is 98.2 Å². The molecule has 2 nitrogen and oxygen atoms in total. The third-order valence-electron chi connectivity index (χ3n) is 3.87. The van der Waals surface area contributed by atoms with Gasteiger partial charge in [0.25, 0.3) is 0 Å². The van der Waals surface area contributed by atoms with Crippen LogP contribution in [-0.4, -0.2) is 6.04 Å². The van der Waals surface area contributed by atoms with E-state index >= 15 is 0 Å². The zero-order valence-electron chi connectivity index (χ0n) is 10.5. The smallest absolute Gasteiger partial charge is 0.0284 e. The predicted molar refractivity (Wildman–Crippen MR) is 67.9 cm³/mol. The lowest BCUT2D eigenvalue weighted by Crippen LogP contribution is -2.39. The quantitative estimate of drug-likeness (QED) is 0.601. The Morgan fingerprint density at radius 3 is 2.38 bits per heavy atom. The fourth-order valence-electron chi connectivity index (χ4n) is 2.49. The summed E-state index contributed by atoms with van der Waals surface area (Å²) in [6.45, 7) is 6.75. The zero-order valence-corrected chi connectivity index (χ0v) is 10.5. The fraction of sp³-hybridized carbons (Fsp3) is 0.571. The van der Waals surface area contributed by atoms with Crippen LogP contribution in [-0.2, 0) is 6.42 Å². The van der Waals surface area contributed by atoms with Gasteiger partial charge in [-0.1, -0.05) is 43.7 Å². The molecule has 1 saturated carbocycles. The van der Waals surface area contributed by atoms with Crippen LogP contribution in [0.15, 0.2) is 24.3 Å². The van der Waals surface area contributed by atoms with Crippen molar-refractivity contribution in [2.24, 2.45) is 17.2 Å². The normalized spacial score (nSPS) is 24.1. The van der Waals surface area contributed by atoms with Crippen molar-refractivity contribution in [2.75, 3.05) is 0 Å². The minimum absolute atomic E-state index is 0.415. The largest absolute Gasteiger partial charge is 0.271 e. The van der Waals surface area contributed by atoms with Gasteiger partial charge in [-0.3, -0.25) is 11.3 Å². The van der Waals surface area contributed by atoms with Gasteiger partial charge in [-0.15, -0.1) is 0 Å². The molecule has 3 N–H and O–H groups in total. The Kier molecular flexibility index (Phi) is 3.04. The minimum atomic E-state index is 0.415. The topological polar surface area (TPSA) is 38.0 Å². The van der Waals surface area contributed by atoms with Crippen molar-refractivity contribution in [3.05, 3.63) is 35.4 Å². The predicted octanol–water partition coefficient (Wildman–Crippen LogP) is 2.42.